The van der Waals surface area contributed by atoms with Crippen molar-refractivity contribution >= 4 is 45.0 Å². The molecule has 9 heteroatoms. The van der Waals surface area contributed by atoms with Gasteiger partial charge in [0.2, 0.25) is 6.79 Å². The van der Waals surface area contributed by atoms with Gasteiger partial charge in [-0.05, 0) is 44.3 Å². The van der Waals surface area contributed by atoms with Crippen LogP contribution in [0, 0.1) is 0 Å². The van der Waals surface area contributed by atoms with Gasteiger partial charge in [-0.1, -0.05) is 25.2 Å². The molecule has 2 aromatic carbocycles. The van der Waals surface area contributed by atoms with E-state index < -0.39 is 0 Å². The molecule has 0 saturated carbocycles. The van der Waals surface area contributed by atoms with Gasteiger partial charge < -0.3 is 19.1 Å². The van der Waals surface area contributed by atoms with Gasteiger partial charge in [0.05, 0.1) is 16.8 Å². The summed E-state index contributed by atoms with van der Waals surface area (Å²) in [6.45, 7) is 10.2. The van der Waals surface area contributed by atoms with Crippen molar-refractivity contribution < 1.29 is 19.0 Å². The highest BCUT2D eigenvalue weighted by atomic mass is 35.5. The molecule has 3 aromatic rings. The van der Waals surface area contributed by atoms with Crippen LogP contribution in [0.1, 0.15) is 31.1 Å². The summed E-state index contributed by atoms with van der Waals surface area (Å²) in [5, 5.41) is 0.671. The van der Waals surface area contributed by atoms with E-state index in [0.29, 0.717) is 29.6 Å². The van der Waals surface area contributed by atoms with Crippen molar-refractivity contribution in [3.63, 3.8) is 0 Å². The Morgan fingerprint density at radius 1 is 1.06 bits per heavy atom. The van der Waals surface area contributed by atoms with E-state index in [1.807, 2.05) is 31.2 Å². The maximum Gasteiger partial charge on any atom is 0.260 e. The predicted octanol–water partition coefficient (Wildman–Crippen LogP) is 4.83. The summed E-state index contributed by atoms with van der Waals surface area (Å²) in [6.07, 6.45) is 0. The van der Waals surface area contributed by atoms with Gasteiger partial charge in [-0.25, -0.2) is 4.98 Å². The first-order valence-corrected chi connectivity index (χ1v) is 11.4. The van der Waals surface area contributed by atoms with E-state index >= 15 is 0 Å². The number of benzene rings is 2. The minimum absolute atomic E-state index is 0. The smallest absolute Gasteiger partial charge is 0.260 e. The fraction of sp³-hybridized carbons (Fsp3) is 0.391. The number of halogens is 1. The summed E-state index contributed by atoms with van der Waals surface area (Å²) in [6, 6.07) is 11.1. The second-order valence-corrected chi connectivity index (χ2v) is 8.12. The zero-order valence-electron chi connectivity index (χ0n) is 18.5. The molecule has 0 atom stereocenters. The minimum Gasteiger partial charge on any atom is -0.494 e. The second kappa shape index (κ2) is 10.8. The molecule has 0 N–H and O–H groups in total. The highest BCUT2D eigenvalue weighted by Crippen LogP contribution is 2.40. The number of ether oxygens (including phenoxy) is 3. The lowest BCUT2D eigenvalue weighted by Gasteiger charge is -2.24. The van der Waals surface area contributed by atoms with Gasteiger partial charge in [-0.2, -0.15) is 0 Å². The van der Waals surface area contributed by atoms with Gasteiger partial charge in [0.15, 0.2) is 16.6 Å². The Morgan fingerprint density at radius 3 is 2.41 bits per heavy atom. The van der Waals surface area contributed by atoms with Gasteiger partial charge in [0, 0.05) is 30.8 Å². The largest absolute Gasteiger partial charge is 0.494 e. The SMILES string of the molecule is CCOc1ccc(C(=O)N(CCN(CC)CC)c2nc3cc4c(cc3s2)OCO4)cc1.Cl. The lowest BCUT2D eigenvalue weighted by molar-refractivity contribution is 0.0983. The first kappa shape index (κ1) is 24.1. The van der Waals surface area contributed by atoms with Gasteiger partial charge in [-0.15, -0.1) is 12.4 Å². The van der Waals surface area contributed by atoms with Crippen LogP contribution >= 0.6 is 23.7 Å². The van der Waals surface area contributed by atoms with Crippen LogP contribution in [-0.4, -0.2) is 55.4 Å². The standard InChI is InChI=1S/C23H27N3O4S.ClH/c1-4-25(5-2)11-12-26(22(27)16-7-9-17(10-8-16)28-6-3)23-24-18-13-19-20(30-15-29-19)14-21(18)31-23;/h7-10,13-14H,4-6,11-12,15H2,1-3H3;1H. The topological polar surface area (TPSA) is 64.1 Å². The quantitative estimate of drug-likeness (QED) is 0.439. The van der Waals surface area contributed by atoms with Crippen LogP contribution < -0.4 is 19.1 Å². The van der Waals surface area contributed by atoms with Crippen LogP contribution in [-0.2, 0) is 0 Å². The normalized spacial score (nSPS) is 12.1. The van der Waals surface area contributed by atoms with E-state index in [-0.39, 0.29) is 25.1 Å². The molecule has 0 radical (unpaired) electrons. The summed E-state index contributed by atoms with van der Waals surface area (Å²) in [5.41, 5.74) is 1.41. The number of rotatable bonds is 9. The average Bonchev–Trinajstić information content (AvgIpc) is 3.41. The van der Waals surface area contributed by atoms with Crippen LogP contribution in [0.3, 0.4) is 0 Å². The summed E-state index contributed by atoms with van der Waals surface area (Å²) in [5.74, 6) is 2.09. The number of aromatic nitrogens is 1. The number of thiazole rings is 1. The van der Waals surface area contributed by atoms with Crippen molar-refractivity contribution in [2.45, 2.75) is 20.8 Å². The van der Waals surface area contributed by atoms with E-state index in [4.69, 9.17) is 19.2 Å². The molecule has 2 heterocycles. The third kappa shape index (κ3) is 5.09. The number of anilines is 1. The number of hydrogen-bond donors (Lipinski definition) is 0. The van der Waals surface area contributed by atoms with Crippen molar-refractivity contribution in [2.75, 3.05) is 44.5 Å². The van der Waals surface area contributed by atoms with Crippen molar-refractivity contribution in [3.8, 4) is 17.2 Å². The first-order chi connectivity index (χ1) is 15.1. The number of fused-ring (bicyclic) bond motifs is 2. The molecule has 1 aliphatic heterocycles. The molecule has 0 spiro atoms. The molecule has 0 unspecified atom stereocenters. The molecule has 1 aromatic heterocycles. The Hall–Kier alpha value is -2.55. The van der Waals surface area contributed by atoms with Crippen molar-refractivity contribution in [3.05, 3.63) is 42.0 Å². The molecule has 1 amide bonds. The second-order valence-electron chi connectivity index (χ2n) is 7.11. The molecule has 172 valence electrons. The fourth-order valence-electron chi connectivity index (χ4n) is 3.50. The third-order valence-corrected chi connectivity index (χ3v) is 6.34. The molecule has 0 saturated heterocycles. The molecule has 32 heavy (non-hydrogen) atoms. The zero-order valence-corrected chi connectivity index (χ0v) is 20.1. The van der Waals surface area contributed by atoms with Gasteiger partial charge >= 0.3 is 0 Å². The Morgan fingerprint density at radius 2 is 1.75 bits per heavy atom. The molecule has 0 aliphatic carbocycles. The lowest BCUT2D eigenvalue weighted by Crippen LogP contribution is -2.38. The molecule has 0 bridgehead atoms. The van der Waals surface area contributed by atoms with Crippen LogP contribution in [0.2, 0.25) is 0 Å². The molecule has 1 aliphatic rings. The van der Waals surface area contributed by atoms with E-state index in [9.17, 15) is 4.79 Å². The van der Waals surface area contributed by atoms with Crippen LogP contribution in [0.15, 0.2) is 36.4 Å². The summed E-state index contributed by atoms with van der Waals surface area (Å²) < 4.78 is 17.4. The molecular formula is C23H28ClN3O4S. The summed E-state index contributed by atoms with van der Waals surface area (Å²) >= 11 is 1.49. The van der Waals surface area contributed by atoms with E-state index in [2.05, 4.69) is 18.7 Å². The zero-order chi connectivity index (χ0) is 21.8. The number of carbonyl (C=O) groups is 1. The van der Waals surface area contributed by atoms with Crippen molar-refractivity contribution in [1.82, 2.24) is 9.88 Å². The average molecular weight is 478 g/mol. The van der Waals surface area contributed by atoms with Gasteiger partial charge in [-0.3, -0.25) is 9.69 Å². The maximum absolute atomic E-state index is 13.5. The van der Waals surface area contributed by atoms with Gasteiger partial charge in [0.25, 0.3) is 5.91 Å². The van der Waals surface area contributed by atoms with E-state index in [1.54, 1.807) is 17.0 Å². The maximum atomic E-state index is 13.5. The van der Waals surface area contributed by atoms with E-state index in [0.717, 1.165) is 41.3 Å². The first-order valence-electron chi connectivity index (χ1n) is 10.6. The Bertz CT molecular complexity index is 1010. The highest BCUT2D eigenvalue weighted by Gasteiger charge is 2.24. The van der Waals surface area contributed by atoms with E-state index in [1.165, 1.54) is 11.3 Å². The Balaban J connectivity index is 0.00000289. The molecule has 4 rings (SSSR count). The number of hydrogen-bond acceptors (Lipinski definition) is 7. The van der Waals surface area contributed by atoms with Crippen molar-refractivity contribution in [1.29, 1.82) is 0 Å². The van der Waals surface area contributed by atoms with Crippen LogP contribution in [0.5, 0.6) is 17.2 Å². The molecular weight excluding hydrogens is 450 g/mol. The van der Waals surface area contributed by atoms with Gasteiger partial charge in [0.1, 0.15) is 5.75 Å². The number of carbonyl (C=O) groups excluding carboxylic acids is 1. The minimum atomic E-state index is -0.0747. The van der Waals surface area contributed by atoms with Crippen LogP contribution in [0.4, 0.5) is 5.13 Å². The Labute approximate surface area is 198 Å². The fourth-order valence-corrected chi connectivity index (χ4v) is 4.50. The third-order valence-electron chi connectivity index (χ3n) is 5.29. The monoisotopic (exact) mass is 477 g/mol. The number of amides is 1. The molecule has 7 nitrogen and oxygen atoms in total. The number of likely N-dealkylation sites (N-methyl/N-ethyl adjacent to an activating group) is 1. The predicted molar refractivity (Wildman–Crippen MR) is 130 cm³/mol. The summed E-state index contributed by atoms with van der Waals surface area (Å²) in [7, 11) is 0. The van der Waals surface area contributed by atoms with Crippen LogP contribution in [0.25, 0.3) is 10.2 Å². The lowest BCUT2D eigenvalue weighted by atomic mass is 10.2. The molecule has 0 fully saturated rings. The highest BCUT2D eigenvalue weighted by molar-refractivity contribution is 7.22. The van der Waals surface area contributed by atoms with Crippen molar-refractivity contribution in [2.24, 2.45) is 0 Å². The Kier molecular flexibility index (Phi) is 8.17. The number of nitrogens with zero attached hydrogens (tertiary/aromatic N) is 3. The summed E-state index contributed by atoms with van der Waals surface area (Å²) in [4.78, 5) is 22.3.